The van der Waals surface area contributed by atoms with Gasteiger partial charge >= 0.3 is 5.97 Å². The number of nitrogens with one attached hydrogen (secondary N) is 1. The fraction of sp³-hybridized carbons (Fsp3) is 0.375. The Morgan fingerprint density at radius 2 is 2.38 bits per heavy atom. The minimum Gasteiger partial charge on any atom is -0.481 e. The molecule has 5 nitrogen and oxygen atoms in total. The summed E-state index contributed by atoms with van der Waals surface area (Å²) < 4.78 is 0. The van der Waals surface area contributed by atoms with Crippen molar-refractivity contribution in [2.24, 2.45) is 0 Å². The lowest BCUT2D eigenvalue weighted by atomic mass is 10.2. The SMILES string of the molecule is Cc1ncc(CCC(=O)O)c(=O)[nH]1. The van der Waals surface area contributed by atoms with E-state index >= 15 is 0 Å². The van der Waals surface area contributed by atoms with Crippen LogP contribution in [0.25, 0.3) is 0 Å². The monoisotopic (exact) mass is 182 g/mol. The maximum Gasteiger partial charge on any atom is 0.303 e. The van der Waals surface area contributed by atoms with Crippen molar-refractivity contribution in [3.8, 4) is 0 Å². The van der Waals surface area contributed by atoms with Crippen LogP contribution in [0, 0.1) is 6.92 Å². The molecule has 0 spiro atoms. The van der Waals surface area contributed by atoms with Crippen LogP contribution in [-0.4, -0.2) is 21.0 Å². The number of carboxylic acids is 1. The zero-order valence-corrected chi connectivity index (χ0v) is 7.20. The van der Waals surface area contributed by atoms with Crippen molar-refractivity contribution in [3.05, 3.63) is 27.9 Å². The molecule has 0 aliphatic carbocycles. The van der Waals surface area contributed by atoms with E-state index in [2.05, 4.69) is 9.97 Å². The van der Waals surface area contributed by atoms with Crippen LogP contribution in [0.4, 0.5) is 0 Å². The summed E-state index contributed by atoms with van der Waals surface area (Å²) in [5, 5.41) is 8.39. The molecule has 1 aromatic rings. The van der Waals surface area contributed by atoms with Gasteiger partial charge in [0.1, 0.15) is 5.82 Å². The van der Waals surface area contributed by atoms with Crippen molar-refractivity contribution in [2.45, 2.75) is 19.8 Å². The first kappa shape index (κ1) is 9.44. The van der Waals surface area contributed by atoms with Gasteiger partial charge in [0.2, 0.25) is 0 Å². The highest BCUT2D eigenvalue weighted by atomic mass is 16.4. The number of H-pyrrole nitrogens is 1. The molecule has 0 atom stereocenters. The van der Waals surface area contributed by atoms with Crippen LogP contribution < -0.4 is 5.56 Å². The molecule has 2 N–H and O–H groups in total. The molecule has 0 aliphatic heterocycles. The van der Waals surface area contributed by atoms with Crippen LogP contribution in [0.15, 0.2) is 11.0 Å². The molecular formula is C8H10N2O3. The Morgan fingerprint density at radius 3 is 2.92 bits per heavy atom. The number of aromatic nitrogens is 2. The highest BCUT2D eigenvalue weighted by Gasteiger charge is 2.03. The molecule has 0 saturated carbocycles. The van der Waals surface area contributed by atoms with E-state index in [0.717, 1.165) is 0 Å². The Hall–Kier alpha value is -1.65. The molecule has 1 aromatic heterocycles. The molecule has 70 valence electrons. The summed E-state index contributed by atoms with van der Waals surface area (Å²) in [6, 6.07) is 0. The van der Waals surface area contributed by atoms with Gasteiger partial charge in [0.05, 0.1) is 0 Å². The molecule has 0 saturated heterocycles. The summed E-state index contributed by atoms with van der Waals surface area (Å²) >= 11 is 0. The second kappa shape index (κ2) is 3.84. The van der Waals surface area contributed by atoms with E-state index in [4.69, 9.17) is 5.11 Å². The van der Waals surface area contributed by atoms with Crippen LogP contribution in [0.1, 0.15) is 17.8 Å². The normalized spacial score (nSPS) is 9.92. The van der Waals surface area contributed by atoms with Gasteiger partial charge in [-0.05, 0) is 13.3 Å². The summed E-state index contributed by atoms with van der Waals surface area (Å²) in [6.45, 7) is 1.67. The van der Waals surface area contributed by atoms with E-state index in [1.165, 1.54) is 6.20 Å². The molecule has 0 radical (unpaired) electrons. The average molecular weight is 182 g/mol. The minimum atomic E-state index is -0.917. The second-order valence-electron chi connectivity index (χ2n) is 2.72. The van der Waals surface area contributed by atoms with Crippen LogP contribution >= 0.6 is 0 Å². The molecule has 5 heteroatoms. The maximum absolute atomic E-state index is 11.2. The third kappa shape index (κ3) is 2.70. The lowest BCUT2D eigenvalue weighted by Gasteiger charge is -1.97. The fourth-order valence-corrected chi connectivity index (χ4v) is 0.930. The zero-order valence-electron chi connectivity index (χ0n) is 7.20. The molecule has 0 bridgehead atoms. The predicted molar refractivity (Wildman–Crippen MR) is 45.6 cm³/mol. The summed E-state index contributed by atoms with van der Waals surface area (Å²) in [7, 11) is 0. The number of aryl methyl sites for hydroxylation is 2. The molecule has 0 fully saturated rings. The first-order valence-electron chi connectivity index (χ1n) is 3.86. The van der Waals surface area contributed by atoms with E-state index in [1.807, 2.05) is 0 Å². The Kier molecular flexibility index (Phi) is 2.79. The second-order valence-corrected chi connectivity index (χ2v) is 2.72. The van der Waals surface area contributed by atoms with Crippen molar-refractivity contribution < 1.29 is 9.90 Å². The largest absolute Gasteiger partial charge is 0.481 e. The number of nitrogens with zero attached hydrogens (tertiary/aromatic N) is 1. The standard InChI is InChI=1S/C8H10N2O3/c1-5-9-4-6(8(13)10-5)2-3-7(11)12/h4H,2-3H2,1H3,(H,11,12)(H,9,10,13). The molecule has 1 rings (SSSR count). The van der Waals surface area contributed by atoms with Gasteiger partial charge in [0, 0.05) is 18.2 Å². The van der Waals surface area contributed by atoms with Gasteiger partial charge in [-0.25, -0.2) is 4.98 Å². The Morgan fingerprint density at radius 1 is 1.69 bits per heavy atom. The average Bonchev–Trinajstić information content (AvgIpc) is 2.02. The summed E-state index contributed by atoms with van der Waals surface area (Å²) in [5.41, 5.74) is 0.154. The zero-order chi connectivity index (χ0) is 9.84. The summed E-state index contributed by atoms with van der Waals surface area (Å²) in [6.07, 6.45) is 1.59. The topological polar surface area (TPSA) is 83.0 Å². The third-order valence-electron chi connectivity index (χ3n) is 1.61. The quantitative estimate of drug-likeness (QED) is 0.694. The van der Waals surface area contributed by atoms with Gasteiger partial charge in [-0.3, -0.25) is 9.59 Å². The molecular weight excluding hydrogens is 172 g/mol. The van der Waals surface area contributed by atoms with Gasteiger partial charge in [-0.1, -0.05) is 0 Å². The first-order chi connectivity index (χ1) is 6.09. The number of hydrogen-bond donors (Lipinski definition) is 2. The van der Waals surface area contributed by atoms with Gasteiger partial charge < -0.3 is 10.1 Å². The van der Waals surface area contributed by atoms with E-state index < -0.39 is 5.97 Å². The maximum atomic E-state index is 11.2. The Bertz CT molecular complexity index is 370. The van der Waals surface area contributed by atoms with Crippen molar-refractivity contribution in [1.29, 1.82) is 0 Å². The van der Waals surface area contributed by atoms with Crippen molar-refractivity contribution in [1.82, 2.24) is 9.97 Å². The fourth-order valence-electron chi connectivity index (χ4n) is 0.930. The van der Waals surface area contributed by atoms with Crippen LogP contribution in [0.3, 0.4) is 0 Å². The smallest absolute Gasteiger partial charge is 0.303 e. The molecule has 0 unspecified atom stereocenters. The molecule has 13 heavy (non-hydrogen) atoms. The van der Waals surface area contributed by atoms with Crippen LogP contribution in [0.2, 0.25) is 0 Å². The van der Waals surface area contributed by atoms with Gasteiger partial charge in [0.25, 0.3) is 5.56 Å². The lowest BCUT2D eigenvalue weighted by Crippen LogP contribution is -2.15. The Labute approximate surface area is 74.4 Å². The highest BCUT2D eigenvalue weighted by molar-refractivity contribution is 5.67. The number of aliphatic carboxylic acids is 1. The number of carbonyl (C=O) groups is 1. The molecule has 1 heterocycles. The Balaban J connectivity index is 2.78. The predicted octanol–water partition coefficient (Wildman–Crippen LogP) is 0.0955. The first-order valence-corrected chi connectivity index (χ1v) is 3.86. The highest BCUT2D eigenvalue weighted by Crippen LogP contribution is 1.94. The molecule has 0 amide bonds. The van der Waals surface area contributed by atoms with Crippen LogP contribution in [-0.2, 0) is 11.2 Å². The van der Waals surface area contributed by atoms with Gasteiger partial charge in [0.15, 0.2) is 0 Å². The third-order valence-corrected chi connectivity index (χ3v) is 1.61. The summed E-state index contributed by atoms with van der Waals surface area (Å²) in [5.74, 6) is -0.385. The van der Waals surface area contributed by atoms with Crippen LogP contribution in [0.5, 0.6) is 0 Å². The molecule has 0 aromatic carbocycles. The van der Waals surface area contributed by atoms with E-state index in [-0.39, 0.29) is 18.4 Å². The van der Waals surface area contributed by atoms with Gasteiger partial charge in [-0.2, -0.15) is 0 Å². The number of aromatic amines is 1. The minimum absolute atomic E-state index is 0.0478. The lowest BCUT2D eigenvalue weighted by molar-refractivity contribution is -0.136. The van der Waals surface area contributed by atoms with E-state index in [1.54, 1.807) is 6.92 Å². The number of carboxylic acid groups (broad SMARTS) is 1. The number of hydrogen-bond acceptors (Lipinski definition) is 3. The van der Waals surface area contributed by atoms with Gasteiger partial charge in [-0.15, -0.1) is 0 Å². The van der Waals surface area contributed by atoms with E-state index in [9.17, 15) is 9.59 Å². The summed E-state index contributed by atoms with van der Waals surface area (Å²) in [4.78, 5) is 27.8. The number of rotatable bonds is 3. The van der Waals surface area contributed by atoms with Crippen molar-refractivity contribution >= 4 is 5.97 Å². The molecule has 0 aliphatic rings. The van der Waals surface area contributed by atoms with Crippen molar-refractivity contribution in [3.63, 3.8) is 0 Å². The van der Waals surface area contributed by atoms with E-state index in [0.29, 0.717) is 11.4 Å². The van der Waals surface area contributed by atoms with Crippen molar-refractivity contribution in [2.75, 3.05) is 0 Å².